The number of hydrogen-bond acceptors (Lipinski definition) is 5. The van der Waals surface area contributed by atoms with Crippen molar-refractivity contribution in [1.82, 2.24) is 15.0 Å². The number of halogens is 2. The zero-order valence-electron chi connectivity index (χ0n) is 19.3. The van der Waals surface area contributed by atoms with Crippen molar-refractivity contribution in [1.29, 1.82) is 4.78 Å². The predicted molar refractivity (Wildman–Crippen MR) is 132 cm³/mol. The van der Waals surface area contributed by atoms with E-state index < -0.39 is 27.0 Å². The maximum absolute atomic E-state index is 15.0. The molecule has 3 aromatic carbocycles. The molecule has 0 fully saturated rings. The first-order valence-electron chi connectivity index (χ1n) is 10.9. The third-order valence-corrected chi connectivity index (χ3v) is 7.12. The molecule has 0 aliphatic carbocycles. The topological polar surface area (TPSA) is 115 Å². The quantitative estimate of drug-likeness (QED) is 0.228. The molecule has 7 nitrogen and oxygen atoms in total. The van der Waals surface area contributed by atoms with Crippen LogP contribution in [0.1, 0.15) is 18.2 Å². The molecule has 5 rings (SSSR count). The van der Waals surface area contributed by atoms with Gasteiger partial charge in [-0.2, -0.15) is 0 Å². The lowest BCUT2D eigenvalue weighted by Gasteiger charge is -2.21. The number of nitrogens with zero attached hydrogens (tertiary/aromatic N) is 1. The molecule has 0 radical (unpaired) electrons. The molecule has 5 aromatic rings. The average molecular weight is 509 g/mol. The highest BCUT2D eigenvalue weighted by molar-refractivity contribution is 7.92. The van der Waals surface area contributed by atoms with Gasteiger partial charge in [-0.1, -0.05) is 30.3 Å². The Labute approximate surface area is 205 Å². The van der Waals surface area contributed by atoms with E-state index in [0.717, 1.165) is 6.07 Å². The Hall–Kier alpha value is -4.02. The number of rotatable bonds is 6. The molecule has 36 heavy (non-hydrogen) atoms. The number of aromatic nitrogens is 3. The molecule has 0 saturated carbocycles. The Kier molecular flexibility index (Phi) is 5.65. The van der Waals surface area contributed by atoms with Gasteiger partial charge in [0, 0.05) is 35.6 Å². The van der Waals surface area contributed by atoms with E-state index in [1.807, 2.05) is 6.07 Å². The van der Waals surface area contributed by atoms with E-state index in [1.54, 1.807) is 43.5 Å². The Morgan fingerprint density at radius 3 is 2.53 bits per heavy atom. The second-order valence-corrected chi connectivity index (χ2v) is 10.7. The molecular formula is C26H22F2N4O3S. The van der Waals surface area contributed by atoms with Gasteiger partial charge >= 0.3 is 0 Å². The summed E-state index contributed by atoms with van der Waals surface area (Å²) in [5, 5.41) is 11.5. The summed E-state index contributed by atoms with van der Waals surface area (Å²) in [5.74, 6) is -1.62. The van der Waals surface area contributed by atoms with Crippen molar-refractivity contribution < 1.29 is 22.8 Å². The first-order valence-corrected chi connectivity index (χ1v) is 12.9. The molecule has 184 valence electrons. The number of fused-ring (bicyclic) bond motifs is 1. The standard InChI is InChI=1S/C26H22F2N4O3S/c1-26(33,15-6-4-3-5-7-15)22-14-31-25(32-22)18-12-16(8-9-19(18)27)35-23-20(28)13-21-17(10-11-30-21)24(23)36(2,29)34/h3-14,29-30,33H,1-2H3,(H,31,32). The third kappa shape index (κ3) is 4.14. The van der Waals surface area contributed by atoms with E-state index in [1.165, 1.54) is 30.7 Å². The van der Waals surface area contributed by atoms with E-state index in [4.69, 9.17) is 9.52 Å². The van der Waals surface area contributed by atoms with Gasteiger partial charge in [-0.15, -0.1) is 0 Å². The largest absolute Gasteiger partial charge is 0.453 e. The van der Waals surface area contributed by atoms with Crippen LogP contribution in [0.15, 0.2) is 78.0 Å². The minimum Gasteiger partial charge on any atom is -0.453 e. The monoisotopic (exact) mass is 508 g/mol. The summed E-state index contributed by atoms with van der Waals surface area (Å²) in [6, 6.07) is 15.5. The molecule has 2 aromatic heterocycles. The van der Waals surface area contributed by atoms with Crippen molar-refractivity contribution in [2.75, 3.05) is 6.26 Å². The minimum absolute atomic E-state index is 0.0235. The molecular weight excluding hydrogens is 486 g/mol. The maximum Gasteiger partial charge on any atom is 0.180 e. The minimum atomic E-state index is -3.39. The SMILES string of the molecule is CC(O)(c1ccccc1)c1c[nH]c(-c2cc(Oc3c(F)cc4[nH]ccc4c3S(C)(=N)=O)ccc2F)n1. The summed E-state index contributed by atoms with van der Waals surface area (Å²) in [6.07, 6.45) is 4.22. The Morgan fingerprint density at radius 1 is 1.06 bits per heavy atom. The summed E-state index contributed by atoms with van der Waals surface area (Å²) >= 11 is 0. The van der Waals surface area contributed by atoms with Gasteiger partial charge in [0.2, 0.25) is 0 Å². The number of H-pyrrole nitrogens is 2. The fourth-order valence-corrected chi connectivity index (χ4v) is 5.18. The molecule has 2 heterocycles. The van der Waals surface area contributed by atoms with Gasteiger partial charge in [0.25, 0.3) is 0 Å². The van der Waals surface area contributed by atoms with Crippen molar-refractivity contribution >= 4 is 20.6 Å². The fraction of sp³-hybridized carbons (Fsp3) is 0.115. The van der Waals surface area contributed by atoms with Crippen molar-refractivity contribution in [2.24, 2.45) is 0 Å². The molecule has 2 unspecified atom stereocenters. The number of aliphatic hydroxyl groups is 1. The molecule has 0 amide bonds. The first-order chi connectivity index (χ1) is 17.1. The Balaban J connectivity index is 1.55. The van der Waals surface area contributed by atoms with Gasteiger partial charge in [0.1, 0.15) is 27.9 Å². The zero-order valence-corrected chi connectivity index (χ0v) is 20.1. The zero-order chi connectivity index (χ0) is 25.7. The summed E-state index contributed by atoms with van der Waals surface area (Å²) < 4.78 is 56.4. The van der Waals surface area contributed by atoms with Gasteiger partial charge in [-0.05, 0) is 36.8 Å². The number of aromatic amines is 2. The highest BCUT2D eigenvalue weighted by atomic mass is 32.2. The highest BCUT2D eigenvalue weighted by Crippen LogP contribution is 2.39. The number of imidazole rings is 1. The lowest BCUT2D eigenvalue weighted by molar-refractivity contribution is 0.0979. The second kappa shape index (κ2) is 8.58. The summed E-state index contributed by atoms with van der Waals surface area (Å²) in [6.45, 7) is 1.59. The van der Waals surface area contributed by atoms with Gasteiger partial charge in [-0.25, -0.2) is 22.8 Å². The van der Waals surface area contributed by atoms with Crippen LogP contribution < -0.4 is 4.74 Å². The molecule has 4 N–H and O–H groups in total. The van der Waals surface area contributed by atoms with Gasteiger partial charge in [0.05, 0.1) is 21.0 Å². The lowest BCUT2D eigenvalue weighted by Crippen LogP contribution is -2.23. The number of nitrogens with one attached hydrogen (secondary N) is 3. The van der Waals surface area contributed by atoms with Crippen LogP contribution in [-0.4, -0.2) is 30.5 Å². The van der Waals surface area contributed by atoms with Crippen molar-refractivity contribution in [3.63, 3.8) is 0 Å². The van der Waals surface area contributed by atoms with Gasteiger partial charge < -0.3 is 19.8 Å². The summed E-state index contributed by atoms with van der Waals surface area (Å²) in [5.41, 5.74) is -0.136. The van der Waals surface area contributed by atoms with Gasteiger partial charge in [-0.3, -0.25) is 0 Å². The van der Waals surface area contributed by atoms with Crippen LogP contribution in [0.4, 0.5) is 8.78 Å². The van der Waals surface area contributed by atoms with E-state index in [2.05, 4.69) is 15.0 Å². The molecule has 0 bridgehead atoms. The van der Waals surface area contributed by atoms with Crippen molar-refractivity contribution in [3.8, 4) is 22.9 Å². The molecule has 0 saturated heterocycles. The molecule has 0 spiro atoms. The van der Waals surface area contributed by atoms with Crippen LogP contribution in [0.3, 0.4) is 0 Å². The normalized spacial score (nSPS) is 14.9. The van der Waals surface area contributed by atoms with Crippen molar-refractivity contribution in [2.45, 2.75) is 17.4 Å². The third-order valence-electron chi connectivity index (χ3n) is 5.93. The Bertz CT molecular complexity index is 1690. The molecule has 0 aliphatic rings. The van der Waals surface area contributed by atoms with Crippen LogP contribution in [0.5, 0.6) is 11.5 Å². The molecule has 2 atom stereocenters. The molecule has 0 aliphatic heterocycles. The molecule has 10 heteroatoms. The number of ether oxygens (including phenoxy) is 1. The highest BCUT2D eigenvalue weighted by Gasteiger charge is 2.29. The predicted octanol–water partition coefficient (Wildman–Crippen LogP) is 5.92. The van der Waals surface area contributed by atoms with Crippen LogP contribution in [-0.2, 0) is 15.3 Å². The van der Waals surface area contributed by atoms with E-state index in [-0.39, 0.29) is 33.5 Å². The first kappa shape index (κ1) is 23.7. The second-order valence-electron chi connectivity index (χ2n) is 8.62. The van der Waals surface area contributed by atoms with Crippen LogP contribution >= 0.6 is 0 Å². The number of benzene rings is 3. The lowest BCUT2D eigenvalue weighted by atomic mass is 9.93. The maximum atomic E-state index is 15.0. The summed E-state index contributed by atoms with van der Waals surface area (Å²) in [7, 11) is -3.39. The van der Waals surface area contributed by atoms with Crippen LogP contribution in [0.2, 0.25) is 0 Å². The van der Waals surface area contributed by atoms with E-state index >= 15 is 0 Å². The number of hydrogen-bond donors (Lipinski definition) is 4. The van der Waals surface area contributed by atoms with E-state index in [9.17, 15) is 18.1 Å². The Morgan fingerprint density at radius 2 is 1.81 bits per heavy atom. The smallest absolute Gasteiger partial charge is 0.180 e. The van der Waals surface area contributed by atoms with Crippen LogP contribution in [0, 0.1) is 16.4 Å². The summed E-state index contributed by atoms with van der Waals surface area (Å²) in [4.78, 5) is 10.0. The van der Waals surface area contributed by atoms with Gasteiger partial charge in [0.15, 0.2) is 11.6 Å². The van der Waals surface area contributed by atoms with Crippen LogP contribution in [0.25, 0.3) is 22.3 Å². The van der Waals surface area contributed by atoms with Crippen molar-refractivity contribution in [3.05, 3.63) is 95.9 Å². The van der Waals surface area contributed by atoms with E-state index in [0.29, 0.717) is 16.5 Å². The average Bonchev–Trinajstić information content (AvgIpc) is 3.50. The fourth-order valence-electron chi connectivity index (χ4n) is 4.09.